The summed E-state index contributed by atoms with van der Waals surface area (Å²) in [5.74, 6) is 2.05. The minimum absolute atomic E-state index is 0.458. The first-order chi connectivity index (χ1) is 11.7. The van der Waals surface area contributed by atoms with Gasteiger partial charge in [-0.3, -0.25) is 0 Å². The van der Waals surface area contributed by atoms with Crippen LogP contribution in [0.2, 0.25) is 0 Å². The molecule has 0 atom stereocenters. The van der Waals surface area contributed by atoms with Gasteiger partial charge in [0.25, 0.3) is 0 Å². The fourth-order valence-electron chi connectivity index (χ4n) is 3.04. The Hall–Kier alpha value is -1.82. The molecule has 1 aliphatic rings. The summed E-state index contributed by atoms with van der Waals surface area (Å²) < 4.78 is 5.48. The Bertz CT molecular complexity index is 669. The first-order valence-corrected chi connectivity index (χ1v) is 9.60. The summed E-state index contributed by atoms with van der Waals surface area (Å²) in [7, 11) is 1.64. The van der Waals surface area contributed by atoms with Crippen LogP contribution in [0, 0.1) is 5.92 Å². The highest BCUT2D eigenvalue weighted by Gasteiger charge is 2.19. The van der Waals surface area contributed by atoms with E-state index in [4.69, 9.17) is 4.74 Å². The number of hydrogen-bond donors (Lipinski definition) is 1. The van der Waals surface area contributed by atoms with Crippen molar-refractivity contribution in [3.63, 3.8) is 0 Å². The summed E-state index contributed by atoms with van der Waals surface area (Å²) in [5.41, 5.74) is 1.82. The molecular weight excluding hydrogens is 320 g/mol. The molecule has 3 rings (SSSR count). The predicted molar refractivity (Wildman–Crippen MR) is 98.6 cm³/mol. The van der Waals surface area contributed by atoms with E-state index in [9.17, 15) is 0 Å². The van der Waals surface area contributed by atoms with Gasteiger partial charge in [-0.1, -0.05) is 6.92 Å². The first kappa shape index (κ1) is 17.0. The Labute approximate surface area is 147 Å². The summed E-state index contributed by atoms with van der Waals surface area (Å²) >= 11 is 1.62. The molecule has 24 heavy (non-hydrogen) atoms. The van der Waals surface area contributed by atoms with Crippen LogP contribution in [0.4, 0.5) is 5.95 Å². The van der Waals surface area contributed by atoms with E-state index in [-0.39, 0.29) is 0 Å². The van der Waals surface area contributed by atoms with Gasteiger partial charge in [0.1, 0.15) is 0 Å². The summed E-state index contributed by atoms with van der Waals surface area (Å²) in [6.45, 7) is 2.32. The minimum Gasteiger partial charge on any atom is -0.480 e. The van der Waals surface area contributed by atoms with Crippen LogP contribution in [-0.2, 0) is 0 Å². The maximum Gasteiger partial charge on any atom is 0.226 e. The smallest absolute Gasteiger partial charge is 0.226 e. The molecule has 2 aromatic heterocycles. The number of anilines is 1. The van der Waals surface area contributed by atoms with E-state index in [2.05, 4.69) is 27.2 Å². The van der Waals surface area contributed by atoms with E-state index in [0.29, 0.717) is 17.9 Å². The maximum atomic E-state index is 5.48. The van der Waals surface area contributed by atoms with Crippen LogP contribution >= 0.6 is 11.8 Å². The van der Waals surface area contributed by atoms with E-state index in [0.717, 1.165) is 22.1 Å². The quantitative estimate of drug-likeness (QED) is 0.818. The molecule has 0 saturated heterocycles. The molecule has 1 fully saturated rings. The van der Waals surface area contributed by atoms with Gasteiger partial charge in [-0.15, -0.1) is 11.8 Å². The van der Waals surface area contributed by atoms with Crippen molar-refractivity contribution in [2.45, 2.75) is 43.7 Å². The highest BCUT2D eigenvalue weighted by molar-refractivity contribution is 7.98. The van der Waals surface area contributed by atoms with Crippen molar-refractivity contribution in [2.24, 2.45) is 5.92 Å². The van der Waals surface area contributed by atoms with E-state index < -0.39 is 0 Å². The van der Waals surface area contributed by atoms with Crippen molar-refractivity contribution < 1.29 is 4.74 Å². The molecule has 2 heterocycles. The van der Waals surface area contributed by atoms with Crippen molar-refractivity contribution in [1.29, 1.82) is 0 Å². The van der Waals surface area contributed by atoms with Gasteiger partial charge in [0.05, 0.1) is 17.7 Å². The standard InChI is InChI=1S/C18H24N4OS/c1-12-4-7-14(8-5-12)21-18-20-11-15(17(22-18)23-2)13-6-9-16(24-3)19-10-13/h6,9-12,14H,4-5,7-8H2,1-3H3,(H,20,21,22). The van der Waals surface area contributed by atoms with E-state index >= 15 is 0 Å². The van der Waals surface area contributed by atoms with Crippen molar-refractivity contribution >= 4 is 17.7 Å². The molecule has 128 valence electrons. The highest BCUT2D eigenvalue weighted by atomic mass is 32.2. The zero-order chi connectivity index (χ0) is 16.9. The molecule has 0 bridgehead atoms. The fraction of sp³-hybridized carbons (Fsp3) is 0.500. The van der Waals surface area contributed by atoms with Gasteiger partial charge in [-0.05, 0) is 50.0 Å². The summed E-state index contributed by atoms with van der Waals surface area (Å²) in [6, 6.07) is 4.48. The van der Waals surface area contributed by atoms with Crippen molar-refractivity contribution in [3.8, 4) is 17.0 Å². The Morgan fingerprint density at radius 3 is 2.54 bits per heavy atom. The lowest BCUT2D eigenvalue weighted by Gasteiger charge is -2.27. The number of thioether (sulfide) groups is 1. The number of methoxy groups -OCH3 is 1. The molecule has 1 N–H and O–H groups in total. The topological polar surface area (TPSA) is 59.9 Å². The second kappa shape index (κ2) is 7.83. The van der Waals surface area contributed by atoms with Crippen LogP contribution in [0.25, 0.3) is 11.1 Å². The minimum atomic E-state index is 0.458. The van der Waals surface area contributed by atoms with E-state index in [1.165, 1.54) is 25.7 Å². The number of rotatable bonds is 5. The van der Waals surface area contributed by atoms with Crippen molar-refractivity contribution in [1.82, 2.24) is 15.0 Å². The third-order valence-electron chi connectivity index (χ3n) is 4.55. The molecule has 1 aliphatic carbocycles. The van der Waals surface area contributed by atoms with Crippen LogP contribution < -0.4 is 10.1 Å². The summed E-state index contributed by atoms with van der Waals surface area (Å²) in [4.78, 5) is 13.4. The normalized spacial score (nSPS) is 20.6. The Kier molecular flexibility index (Phi) is 5.56. The van der Waals surface area contributed by atoms with E-state index in [1.807, 2.05) is 30.8 Å². The Balaban J connectivity index is 1.77. The molecule has 5 nitrogen and oxygen atoms in total. The van der Waals surface area contributed by atoms with Crippen LogP contribution in [0.1, 0.15) is 32.6 Å². The largest absolute Gasteiger partial charge is 0.480 e. The van der Waals surface area contributed by atoms with E-state index in [1.54, 1.807) is 18.9 Å². The molecule has 2 aromatic rings. The summed E-state index contributed by atoms with van der Waals surface area (Å²) in [5, 5.41) is 4.44. The lowest BCUT2D eigenvalue weighted by molar-refractivity contribution is 0.359. The summed E-state index contributed by atoms with van der Waals surface area (Å²) in [6.07, 6.45) is 10.5. The zero-order valence-electron chi connectivity index (χ0n) is 14.5. The van der Waals surface area contributed by atoms with Gasteiger partial charge < -0.3 is 10.1 Å². The molecule has 0 spiro atoms. The average Bonchev–Trinajstić information content (AvgIpc) is 2.63. The second-order valence-electron chi connectivity index (χ2n) is 6.31. The molecule has 0 amide bonds. The van der Waals surface area contributed by atoms with Gasteiger partial charge in [-0.2, -0.15) is 4.98 Å². The second-order valence-corrected chi connectivity index (χ2v) is 7.13. The monoisotopic (exact) mass is 344 g/mol. The highest BCUT2D eigenvalue weighted by Crippen LogP contribution is 2.30. The molecule has 0 aromatic carbocycles. The molecule has 6 heteroatoms. The number of aromatic nitrogens is 3. The fourth-order valence-corrected chi connectivity index (χ4v) is 3.40. The van der Waals surface area contributed by atoms with Gasteiger partial charge in [0.15, 0.2) is 0 Å². The number of nitrogens with one attached hydrogen (secondary N) is 1. The third kappa shape index (κ3) is 3.98. The SMILES string of the molecule is COc1nc(NC2CCC(C)CC2)ncc1-c1ccc(SC)nc1. The average molecular weight is 344 g/mol. The van der Waals surface area contributed by atoms with Crippen LogP contribution in [0.5, 0.6) is 5.88 Å². The number of hydrogen-bond acceptors (Lipinski definition) is 6. The third-order valence-corrected chi connectivity index (χ3v) is 5.21. The van der Waals surface area contributed by atoms with Crippen LogP contribution in [-0.4, -0.2) is 34.4 Å². The lowest BCUT2D eigenvalue weighted by atomic mass is 9.87. The van der Waals surface area contributed by atoms with Crippen LogP contribution in [0.15, 0.2) is 29.6 Å². The molecule has 0 aliphatic heterocycles. The Morgan fingerprint density at radius 1 is 1.12 bits per heavy atom. The van der Waals surface area contributed by atoms with Crippen LogP contribution in [0.3, 0.4) is 0 Å². The van der Waals surface area contributed by atoms with Gasteiger partial charge >= 0.3 is 0 Å². The zero-order valence-corrected chi connectivity index (χ0v) is 15.3. The van der Waals surface area contributed by atoms with Gasteiger partial charge in [-0.25, -0.2) is 9.97 Å². The van der Waals surface area contributed by atoms with Crippen molar-refractivity contribution in [2.75, 3.05) is 18.7 Å². The molecule has 0 unspecified atom stereocenters. The molecule has 0 radical (unpaired) electrons. The van der Waals surface area contributed by atoms with Gasteiger partial charge in [0.2, 0.25) is 11.8 Å². The number of nitrogens with zero attached hydrogens (tertiary/aromatic N) is 3. The Morgan fingerprint density at radius 2 is 1.92 bits per heavy atom. The first-order valence-electron chi connectivity index (χ1n) is 8.37. The predicted octanol–water partition coefficient (Wildman–Crippen LogP) is 4.26. The molecule has 1 saturated carbocycles. The van der Waals surface area contributed by atoms with Crippen molar-refractivity contribution in [3.05, 3.63) is 24.5 Å². The maximum absolute atomic E-state index is 5.48. The number of ether oxygens (including phenoxy) is 1. The number of pyridine rings is 1. The molecular formula is C18H24N4OS. The lowest BCUT2D eigenvalue weighted by Crippen LogP contribution is -2.26. The van der Waals surface area contributed by atoms with Gasteiger partial charge in [0, 0.05) is 24.0 Å².